The largest absolute Gasteiger partial charge is 0.493 e. The highest BCUT2D eigenvalue weighted by Gasteiger charge is 2.49. The quantitative estimate of drug-likeness (QED) is 0.478. The predicted octanol–water partition coefficient (Wildman–Crippen LogP) is 5.53. The maximum Gasteiger partial charge on any atom is 0.309 e. The zero-order valence-corrected chi connectivity index (χ0v) is 20.0. The van der Waals surface area contributed by atoms with E-state index in [-0.39, 0.29) is 24.3 Å². The third-order valence-corrected chi connectivity index (χ3v) is 7.38. The average Bonchev–Trinajstić information content (AvgIpc) is 3.54. The van der Waals surface area contributed by atoms with Crippen LogP contribution in [0.3, 0.4) is 0 Å². The summed E-state index contributed by atoms with van der Waals surface area (Å²) < 4.78 is 23.5. The monoisotopic (exact) mass is 464 g/mol. The SMILES string of the molecule is COc1ccc(-c2ccc3c(c2)CCC3=O)c(OCC2(OC(=O)C3CCCCC3)CC2)c1OC. The Morgan fingerprint density at radius 3 is 2.41 bits per heavy atom. The van der Waals surface area contributed by atoms with Gasteiger partial charge in [-0.1, -0.05) is 37.5 Å². The highest BCUT2D eigenvalue weighted by atomic mass is 16.6. The molecule has 6 nitrogen and oxygen atoms in total. The smallest absolute Gasteiger partial charge is 0.309 e. The van der Waals surface area contributed by atoms with E-state index in [0.29, 0.717) is 23.7 Å². The maximum atomic E-state index is 12.8. The molecule has 0 unspecified atom stereocenters. The number of hydrogen-bond acceptors (Lipinski definition) is 6. The lowest BCUT2D eigenvalue weighted by Crippen LogP contribution is -2.31. The molecule has 2 aromatic rings. The fraction of sp³-hybridized carbons (Fsp3) is 0.500. The number of carbonyl (C=O) groups excluding carboxylic acids is 2. The summed E-state index contributed by atoms with van der Waals surface area (Å²) in [6.45, 7) is 0.269. The molecule has 2 fully saturated rings. The van der Waals surface area contributed by atoms with Crippen molar-refractivity contribution in [2.75, 3.05) is 20.8 Å². The third kappa shape index (κ3) is 4.38. The summed E-state index contributed by atoms with van der Waals surface area (Å²) >= 11 is 0. The van der Waals surface area contributed by atoms with E-state index in [2.05, 4.69) is 6.07 Å². The lowest BCUT2D eigenvalue weighted by molar-refractivity contribution is -0.159. The van der Waals surface area contributed by atoms with Crippen molar-refractivity contribution in [1.29, 1.82) is 0 Å². The van der Waals surface area contributed by atoms with Crippen LogP contribution in [0, 0.1) is 5.92 Å². The molecular weight excluding hydrogens is 432 g/mol. The Labute approximate surface area is 200 Å². The number of esters is 1. The van der Waals surface area contributed by atoms with Crippen LogP contribution >= 0.6 is 0 Å². The Balaban J connectivity index is 1.40. The molecule has 0 atom stereocenters. The van der Waals surface area contributed by atoms with Gasteiger partial charge in [-0.25, -0.2) is 0 Å². The summed E-state index contributed by atoms with van der Waals surface area (Å²) in [6, 6.07) is 9.71. The van der Waals surface area contributed by atoms with Gasteiger partial charge in [0.05, 0.1) is 20.1 Å². The summed E-state index contributed by atoms with van der Waals surface area (Å²) in [5, 5.41) is 0. The molecule has 34 heavy (non-hydrogen) atoms. The number of fused-ring (bicyclic) bond motifs is 1. The minimum Gasteiger partial charge on any atom is -0.493 e. The normalized spacial score (nSPS) is 18.8. The van der Waals surface area contributed by atoms with Crippen molar-refractivity contribution >= 4 is 11.8 Å². The van der Waals surface area contributed by atoms with E-state index in [4.69, 9.17) is 18.9 Å². The van der Waals surface area contributed by atoms with E-state index >= 15 is 0 Å². The zero-order valence-electron chi connectivity index (χ0n) is 20.0. The number of methoxy groups -OCH3 is 2. The molecule has 3 aliphatic carbocycles. The van der Waals surface area contributed by atoms with Crippen LogP contribution in [0.4, 0.5) is 0 Å². The summed E-state index contributed by atoms with van der Waals surface area (Å²) in [4.78, 5) is 24.8. The Kier molecular flexibility index (Phi) is 6.24. The molecule has 0 radical (unpaired) electrons. The fourth-order valence-electron chi connectivity index (χ4n) is 5.15. The standard InChI is InChI=1S/C28H32O6/c1-31-24-13-11-22(20-8-10-21-19(16-20)9-12-23(21)29)25(26(24)32-2)33-17-28(14-15-28)34-27(30)18-6-4-3-5-7-18/h8,10-11,13,16,18H,3-7,9,12,14-15,17H2,1-2H3. The second-order valence-corrected chi connectivity index (χ2v) is 9.70. The zero-order chi connectivity index (χ0) is 23.7. The number of aryl methyl sites for hydroxylation is 1. The van der Waals surface area contributed by atoms with Crippen LogP contribution in [-0.4, -0.2) is 38.2 Å². The van der Waals surface area contributed by atoms with E-state index in [1.54, 1.807) is 14.2 Å². The van der Waals surface area contributed by atoms with Crippen LogP contribution in [-0.2, 0) is 16.0 Å². The molecule has 0 bridgehead atoms. The number of carbonyl (C=O) groups is 2. The molecule has 0 aromatic heterocycles. The number of ether oxygens (including phenoxy) is 4. The number of ketones is 1. The third-order valence-electron chi connectivity index (χ3n) is 7.38. The average molecular weight is 465 g/mol. The first-order valence-electron chi connectivity index (χ1n) is 12.3. The van der Waals surface area contributed by atoms with Crippen LogP contribution in [0.15, 0.2) is 30.3 Å². The van der Waals surface area contributed by atoms with Crippen LogP contribution in [0.5, 0.6) is 17.2 Å². The molecule has 0 aliphatic heterocycles. The van der Waals surface area contributed by atoms with Crippen molar-refractivity contribution in [1.82, 2.24) is 0 Å². The van der Waals surface area contributed by atoms with Gasteiger partial charge in [0.2, 0.25) is 5.75 Å². The molecule has 0 spiro atoms. The van der Waals surface area contributed by atoms with E-state index in [1.165, 1.54) is 6.42 Å². The van der Waals surface area contributed by atoms with Gasteiger partial charge < -0.3 is 18.9 Å². The number of rotatable bonds is 8. The highest BCUT2D eigenvalue weighted by Crippen LogP contribution is 2.48. The summed E-state index contributed by atoms with van der Waals surface area (Å²) in [5.74, 6) is 1.77. The second-order valence-electron chi connectivity index (χ2n) is 9.70. The van der Waals surface area contributed by atoms with Gasteiger partial charge in [0.25, 0.3) is 0 Å². The van der Waals surface area contributed by atoms with Crippen LogP contribution in [0.25, 0.3) is 11.1 Å². The van der Waals surface area contributed by atoms with E-state index in [1.807, 2.05) is 24.3 Å². The van der Waals surface area contributed by atoms with Crippen molar-refractivity contribution in [2.45, 2.75) is 63.4 Å². The lowest BCUT2D eigenvalue weighted by Gasteiger charge is -2.25. The predicted molar refractivity (Wildman–Crippen MR) is 128 cm³/mol. The summed E-state index contributed by atoms with van der Waals surface area (Å²) in [6.07, 6.45) is 8.15. The minimum absolute atomic E-state index is 0.0160. The number of benzene rings is 2. The number of hydrogen-bond donors (Lipinski definition) is 0. The van der Waals surface area contributed by atoms with Crippen molar-refractivity contribution in [3.63, 3.8) is 0 Å². The van der Waals surface area contributed by atoms with Crippen molar-refractivity contribution in [3.8, 4) is 28.4 Å². The molecule has 2 saturated carbocycles. The van der Waals surface area contributed by atoms with Gasteiger partial charge in [-0.2, -0.15) is 0 Å². The van der Waals surface area contributed by atoms with Crippen LogP contribution in [0.1, 0.15) is 67.3 Å². The first-order valence-corrected chi connectivity index (χ1v) is 12.3. The summed E-state index contributed by atoms with van der Waals surface area (Å²) in [5.41, 5.74) is 3.11. The summed E-state index contributed by atoms with van der Waals surface area (Å²) in [7, 11) is 3.18. The minimum atomic E-state index is -0.565. The van der Waals surface area contributed by atoms with Gasteiger partial charge in [0.15, 0.2) is 17.3 Å². The first kappa shape index (κ1) is 22.8. The van der Waals surface area contributed by atoms with Crippen molar-refractivity contribution in [2.24, 2.45) is 5.92 Å². The van der Waals surface area contributed by atoms with E-state index in [0.717, 1.165) is 67.2 Å². The molecule has 0 saturated heterocycles. The molecule has 3 aliphatic rings. The maximum absolute atomic E-state index is 12.8. The Morgan fingerprint density at radius 2 is 1.71 bits per heavy atom. The van der Waals surface area contributed by atoms with Gasteiger partial charge in [-0.3, -0.25) is 9.59 Å². The first-order chi connectivity index (χ1) is 16.5. The molecule has 0 heterocycles. The van der Waals surface area contributed by atoms with Crippen molar-refractivity contribution in [3.05, 3.63) is 41.5 Å². The van der Waals surface area contributed by atoms with Gasteiger partial charge >= 0.3 is 5.97 Å². The Morgan fingerprint density at radius 1 is 0.941 bits per heavy atom. The lowest BCUT2D eigenvalue weighted by atomic mass is 9.89. The molecule has 0 amide bonds. The van der Waals surface area contributed by atoms with E-state index < -0.39 is 5.60 Å². The molecule has 0 N–H and O–H groups in total. The van der Waals surface area contributed by atoms with Crippen LogP contribution in [0.2, 0.25) is 0 Å². The molecule has 180 valence electrons. The molecule has 2 aromatic carbocycles. The Hall–Kier alpha value is -3.02. The molecule has 6 heteroatoms. The highest BCUT2D eigenvalue weighted by molar-refractivity contribution is 6.01. The topological polar surface area (TPSA) is 71.1 Å². The molecule has 5 rings (SSSR count). The number of Topliss-reactive ketones (excluding diaryl/α,β-unsaturated/α-hetero) is 1. The fourth-order valence-corrected chi connectivity index (χ4v) is 5.15. The van der Waals surface area contributed by atoms with Gasteiger partial charge in [0, 0.05) is 17.5 Å². The van der Waals surface area contributed by atoms with Crippen LogP contribution < -0.4 is 14.2 Å². The Bertz CT molecular complexity index is 1090. The van der Waals surface area contributed by atoms with Gasteiger partial charge in [-0.15, -0.1) is 0 Å². The van der Waals surface area contributed by atoms with Gasteiger partial charge in [0.1, 0.15) is 12.2 Å². The van der Waals surface area contributed by atoms with E-state index in [9.17, 15) is 9.59 Å². The molecular formula is C28H32O6. The van der Waals surface area contributed by atoms with Gasteiger partial charge in [-0.05, 0) is 55.4 Å². The van der Waals surface area contributed by atoms with Crippen molar-refractivity contribution < 1.29 is 28.5 Å². The second kappa shape index (κ2) is 9.32.